The van der Waals surface area contributed by atoms with Crippen LogP contribution in [0.25, 0.3) is 16.9 Å². The zero-order valence-electron chi connectivity index (χ0n) is 19.6. The van der Waals surface area contributed by atoms with Crippen molar-refractivity contribution in [1.82, 2.24) is 20.0 Å². The molecule has 2 N–H and O–H groups in total. The number of carbonyl (C=O) groups is 2. The zero-order valence-corrected chi connectivity index (χ0v) is 20.3. The zero-order chi connectivity index (χ0) is 24.2. The number of carbonyl (C=O) groups excluding carboxylic acids is 2. The van der Waals surface area contributed by atoms with Crippen LogP contribution in [0.5, 0.6) is 0 Å². The predicted molar refractivity (Wildman–Crippen MR) is 133 cm³/mol. The summed E-state index contributed by atoms with van der Waals surface area (Å²) in [6.07, 6.45) is 0. The molecule has 1 aromatic heterocycles. The number of halogens is 1. The highest BCUT2D eigenvalue weighted by Crippen LogP contribution is 2.28. The number of para-hydroxylation sites is 1. The number of rotatable bonds is 6. The van der Waals surface area contributed by atoms with Gasteiger partial charge in [-0.15, -0.1) is 0 Å². The molecule has 2 aromatic carbocycles. The summed E-state index contributed by atoms with van der Waals surface area (Å²) in [7, 11) is 0. The van der Waals surface area contributed by atoms with Crippen LogP contribution in [-0.4, -0.2) is 44.7 Å². The molecule has 0 saturated heterocycles. The lowest BCUT2D eigenvalue weighted by Crippen LogP contribution is -2.52. The number of urea groups is 1. The highest BCUT2D eigenvalue weighted by molar-refractivity contribution is 6.32. The van der Waals surface area contributed by atoms with Crippen molar-refractivity contribution in [2.45, 2.75) is 46.2 Å². The van der Waals surface area contributed by atoms with Crippen LogP contribution < -0.4 is 10.6 Å². The molecule has 0 saturated carbocycles. The second-order valence-electron chi connectivity index (χ2n) is 9.09. The average Bonchev–Trinajstić information content (AvgIpc) is 3.15. The molecule has 0 aliphatic carbocycles. The number of benzene rings is 2. The monoisotopic (exact) mass is 467 g/mol. The highest BCUT2D eigenvalue weighted by Gasteiger charge is 2.25. The van der Waals surface area contributed by atoms with Gasteiger partial charge in [0.25, 0.3) is 0 Å². The van der Waals surface area contributed by atoms with E-state index >= 15 is 0 Å². The average molecular weight is 468 g/mol. The van der Waals surface area contributed by atoms with E-state index in [4.69, 9.17) is 11.6 Å². The molecule has 1 heterocycles. The lowest BCUT2D eigenvalue weighted by molar-refractivity contribution is -0.117. The largest absolute Gasteiger partial charge is 0.333 e. The van der Waals surface area contributed by atoms with E-state index < -0.39 is 5.54 Å². The van der Waals surface area contributed by atoms with Crippen LogP contribution in [0.3, 0.4) is 0 Å². The van der Waals surface area contributed by atoms with Gasteiger partial charge in [-0.1, -0.05) is 54.1 Å². The van der Waals surface area contributed by atoms with Crippen molar-refractivity contribution in [3.8, 4) is 16.9 Å². The topological polar surface area (TPSA) is 79.3 Å². The van der Waals surface area contributed by atoms with E-state index in [2.05, 4.69) is 15.7 Å². The summed E-state index contributed by atoms with van der Waals surface area (Å²) >= 11 is 6.42. The first-order valence-corrected chi connectivity index (χ1v) is 11.2. The van der Waals surface area contributed by atoms with Crippen LogP contribution in [0.1, 0.15) is 34.6 Å². The minimum absolute atomic E-state index is 0.103. The van der Waals surface area contributed by atoms with Crippen molar-refractivity contribution in [1.29, 1.82) is 0 Å². The van der Waals surface area contributed by atoms with Gasteiger partial charge >= 0.3 is 6.03 Å². The van der Waals surface area contributed by atoms with Crippen molar-refractivity contribution in [2.24, 2.45) is 0 Å². The molecule has 0 aliphatic rings. The molecule has 0 aliphatic heterocycles. The summed E-state index contributed by atoms with van der Waals surface area (Å²) in [5.74, 6) is 0.132. The molecule has 7 nitrogen and oxygen atoms in total. The van der Waals surface area contributed by atoms with Gasteiger partial charge in [-0.2, -0.15) is 5.10 Å². The van der Waals surface area contributed by atoms with Gasteiger partial charge in [-0.05, 0) is 46.8 Å². The lowest BCUT2D eigenvalue weighted by atomic mass is 10.1. The summed E-state index contributed by atoms with van der Waals surface area (Å²) in [4.78, 5) is 27.2. The van der Waals surface area contributed by atoms with Gasteiger partial charge in [0.1, 0.15) is 12.4 Å². The Labute approximate surface area is 199 Å². The Hall–Kier alpha value is -3.32. The molecule has 3 amide bonds. The fourth-order valence-corrected chi connectivity index (χ4v) is 3.46. The molecule has 0 fully saturated rings. The number of anilines is 1. The van der Waals surface area contributed by atoms with Crippen molar-refractivity contribution >= 4 is 29.4 Å². The summed E-state index contributed by atoms with van der Waals surface area (Å²) in [6.45, 7) is 9.34. The molecule has 8 heteroatoms. The molecule has 0 spiro atoms. The molecule has 174 valence electrons. The van der Waals surface area contributed by atoms with E-state index in [1.54, 1.807) is 16.8 Å². The number of nitrogens with one attached hydrogen (secondary N) is 2. The minimum atomic E-state index is -0.409. The van der Waals surface area contributed by atoms with E-state index in [9.17, 15) is 9.59 Å². The fraction of sp³-hybridized carbons (Fsp3) is 0.320. The third-order valence-electron chi connectivity index (χ3n) is 4.81. The van der Waals surface area contributed by atoms with E-state index in [0.717, 1.165) is 5.56 Å². The standard InChI is InChI=1S/C25H30ClN5O2/c1-17(2)30(24(33)28-25(3,4)5)16-23(32)27-22-15-20(18-11-7-6-8-12-18)29-31(22)21-14-10-9-13-19(21)26/h6-15,17H,16H2,1-5H3,(H,27,32)(H,28,33). The molecule has 0 atom stereocenters. The Morgan fingerprint density at radius 3 is 2.30 bits per heavy atom. The third-order valence-corrected chi connectivity index (χ3v) is 5.13. The quantitative estimate of drug-likeness (QED) is 0.512. The summed E-state index contributed by atoms with van der Waals surface area (Å²) < 4.78 is 1.61. The molecule has 0 radical (unpaired) electrons. The van der Waals surface area contributed by atoms with Crippen LogP contribution >= 0.6 is 11.6 Å². The van der Waals surface area contributed by atoms with Crippen LogP contribution in [0.2, 0.25) is 5.02 Å². The number of hydrogen-bond donors (Lipinski definition) is 2. The van der Waals surface area contributed by atoms with Crippen LogP contribution in [0, 0.1) is 0 Å². The number of hydrogen-bond acceptors (Lipinski definition) is 3. The van der Waals surface area contributed by atoms with Crippen molar-refractivity contribution in [2.75, 3.05) is 11.9 Å². The summed E-state index contributed by atoms with van der Waals surface area (Å²) in [5.41, 5.74) is 1.83. The Morgan fingerprint density at radius 2 is 1.70 bits per heavy atom. The maximum Gasteiger partial charge on any atom is 0.318 e. The first kappa shape index (κ1) is 24.3. The Morgan fingerprint density at radius 1 is 1.06 bits per heavy atom. The van der Waals surface area contributed by atoms with Gasteiger partial charge < -0.3 is 15.5 Å². The van der Waals surface area contributed by atoms with Gasteiger partial charge in [0, 0.05) is 23.2 Å². The Bertz CT molecular complexity index is 1120. The van der Waals surface area contributed by atoms with Gasteiger partial charge in [0.15, 0.2) is 0 Å². The van der Waals surface area contributed by atoms with Gasteiger partial charge in [0.2, 0.25) is 5.91 Å². The number of aromatic nitrogens is 2. The first-order chi connectivity index (χ1) is 15.5. The smallest absolute Gasteiger partial charge is 0.318 e. The second-order valence-corrected chi connectivity index (χ2v) is 9.50. The maximum atomic E-state index is 13.0. The minimum Gasteiger partial charge on any atom is -0.333 e. The molecule has 33 heavy (non-hydrogen) atoms. The SMILES string of the molecule is CC(C)N(CC(=O)Nc1cc(-c2ccccc2)nn1-c1ccccc1Cl)C(=O)NC(C)(C)C. The maximum absolute atomic E-state index is 13.0. The second kappa shape index (κ2) is 10.1. The Kier molecular flexibility index (Phi) is 7.43. The van der Waals surface area contributed by atoms with Crippen molar-refractivity contribution in [3.63, 3.8) is 0 Å². The van der Waals surface area contributed by atoms with Gasteiger partial charge in [-0.3, -0.25) is 4.79 Å². The van der Waals surface area contributed by atoms with Crippen LogP contribution in [0.15, 0.2) is 60.7 Å². The first-order valence-electron chi connectivity index (χ1n) is 10.8. The summed E-state index contributed by atoms with van der Waals surface area (Å²) in [6, 6.07) is 18.3. The van der Waals surface area contributed by atoms with Crippen molar-refractivity contribution in [3.05, 3.63) is 65.7 Å². The number of amides is 3. The van der Waals surface area contributed by atoms with Crippen LogP contribution in [0.4, 0.5) is 10.6 Å². The van der Waals surface area contributed by atoms with E-state index in [1.807, 2.05) is 83.1 Å². The van der Waals surface area contributed by atoms with Crippen LogP contribution in [-0.2, 0) is 4.79 Å². The van der Waals surface area contributed by atoms with E-state index in [0.29, 0.717) is 22.2 Å². The molecular weight excluding hydrogens is 438 g/mol. The molecule has 0 unspecified atom stereocenters. The van der Waals surface area contributed by atoms with Gasteiger partial charge in [0.05, 0.1) is 16.4 Å². The van der Waals surface area contributed by atoms with E-state index in [1.165, 1.54) is 4.90 Å². The number of nitrogens with zero attached hydrogens (tertiary/aromatic N) is 3. The molecular formula is C25H30ClN5O2. The molecule has 3 aromatic rings. The molecule has 0 bridgehead atoms. The Balaban J connectivity index is 1.90. The summed E-state index contributed by atoms with van der Waals surface area (Å²) in [5, 5.41) is 11.0. The third kappa shape index (κ3) is 6.35. The highest BCUT2D eigenvalue weighted by atomic mass is 35.5. The lowest BCUT2D eigenvalue weighted by Gasteiger charge is -2.30. The van der Waals surface area contributed by atoms with Gasteiger partial charge in [-0.25, -0.2) is 9.48 Å². The predicted octanol–water partition coefficient (Wildman–Crippen LogP) is 5.35. The molecule has 3 rings (SSSR count). The normalized spacial score (nSPS) is 11.4. The van der Waals surface area contributed by atoms with Crippen molar-refractivity contribution < 1.29 is 9.59 Å². The van der Waals surface area contributed by atoms with E-state index in [-0.39, 0.29) is 24.5 Å². The fourth-order valence-electron chi connectivity index (χ4n) is 3.25.